The van der Waals surface area contributed by atoms with E-state index in [1.165, 1.54) is 0 Å². The Labute approximate surface area is 194 Å². The van der Waals surface area contributed by atoms with Gasteiger partial charge < -0.3 is 25.5 Å². The predicted octanol–water partition coefficient (Wildman–Crippen LogP) is 3.50. The number of rotatable bonds is 5. The average molecular weight is 453 g/mol. The summed E-state index contributed by atoms with van der Waals surface area (Å²) in [7, 11) is 0. The topological polar surface area (TPSA) is 101 Å². The smallest absolute Gasteiger partial charge is 0.0849 e. The third-order valence-corrected chi connectivity index (χ3v) is 11.2. The summed E-state index contributed by atoms with van der Waals surface area (Å²) in [5.74, 6) is 1.94. The van der Waals surface area contributed by atoms with E-state index in [9.17, 15) is 25.5 Å². The molecule has 0 aliphatic heterocycles. The van der Waals surface area contributed by atoms with Crippen LogP contribution in [0, 0.1) is 46.3 Å². The van der Waals surface area contributed by atoms with Crippen LogP contribution in [0.15, 0.2) is 0 Å². The minimum absolute atomic E-state index is 0.103. The van der Waals surface area contributed by atoms with Crippen molar-refractivity contribution in [3.05, 3.63) is 0 Å². The molecular weight excluding hydrogens is 404 g/mol. The normalized spacial score (nSPS) is 50.8. The zero-order chi connectivity index (χ0) is 23.6. The van der Waals surface area contributed by atoms with E-state index in [4.69, 9.17) is 0 Å². The fraction of sp³-hybridized carbons (Fsp3) is 1.00. The van der Waals surface area contributed by atoms with E-state index in [-0.39, 0.29) is 35.1 Å². The Morgan fingerprint density at radius 3 is 2.28 bits per heavy atom. The molecule has 4 rings (SSSR count). The van der Waals surface area contributed by atoms with Gasteiger partial charge in [-0.25, -0.2) is 0 Å². The van der Waals surface area contributed by atoms with Gasteiger partial charge in [-0.3, -0.25) is 0 Å². The number of aliphatic hydroxyl groups excluding tert-OH is 4. The molecule has 5 N–H and O–H groups in total. The zero-order valence-corrected chi connectivity index (χ0v) is 20.9. The van der Waals surface area contributed by atoms with E-state index in [0.717, 1.165) is 51.4 Å². The molecule has 0 aromatic carbocycles. The summed E-state index contributed by atoms with van der Waals surface area (Å²) in [4.78, 5) is 0. The van der Waals surface area contributed by atoms with Crippen LogP contribution in [0.5, 0.6) is 0 Å². The Kier molecular flexibility index (Phi) is 6.60. The largest absolute Gasteiger partial charge is 0.393 e. The molecule has 0 heterocycles. The van der Waals surface area contributed by atoms with Crippen LogP contribution in [0.3, 0.4) is 0 Å². The van der Waals surface area contributed by atoms with Gasteiger partial charge in [0, 0.05) is 0 Å². The van der Waals surface area contributed by atoms with Gasteiger partial charge in [0.15, 0.2) is 0 Å². The van der Waals surface area contributed by atoms with E-state index < -0.39 is 11.7 Å². The third kappa shape index (κ3) is 3.88. The van der Waals surface area contributed by atoms with Gasteiger partial charge in [0.25, 0.3) is 0 Å². The van der Waals surface area contributed by atoms with Crippen molar-refractivity contribution in [1.82, 2.24) is 0 Å². The SMILES string of the molecule is C[C@H](CCC(O)C(C)(C)O)[C@H]1CC[C@H]2[C@@H]3C(O)CC4CC(O)CC[C@]4(C)[C@H]3CC(O)[C@]12C. The van der Waals surface area contributed by atoms with Crippen LogP contribution in [0.2, 0.25) is 0 Å². The predicted molar refractivity (Wildman–Crippen MR) is 125 cm³/mol. The summed E-state index contributed by atoms with van der Waals surface area (Å²) in [6.07, 6.45) is 5.98. The third-order valence-electron chi connectivity index (χ3n) is 11.2. The Bertz CT molecular complexity index is 675. The van der Waals surface area contributed by atoms with E-state index in [2.05, 4.69) is 20.8 Å². The average Bonchev–Trinajstić information content (AvgIpc) is 3.06. The van der Waals surface area contributed by atoms with Crippen molar-refractivity contribution in [2.24, 2.45) is 46.3 Å². The Morgan fingerprint density at radius 1 is 0.938 bits per heavy atom. The van der Waals surface area contributed by atoms with Gasteiger partial charge >= 0.3 is 0 Å². The van der Waals surface area contributed by atoms with Crippen LogP contribution >= 0.6 is 0 Å². The lowest BCUT2D eigenvalue weighted by molar-refractivity contribution is -0.207. The van der Waals surface area contributed by atoms with E-state index >= 15 is 0 Å². The summed E-state index contributed by atoms with van der Waals surface area (Å²) < 4.78 is 0. The lowest BCUT2D eigenvalue weighted by Crippen LogP contribution is -2.62. The molecule has 186 valence electrons. The van der Waals surface area contributed by atoms with Crippen LogP contribution in [-0.4, -0.2) is 55.5 Å². The first kappa shape index (κ1) is 24.9. The second-order valence-corrected chi connectivity index (χ2v) is 13.2. The van der Waals surface area contributed by atoms with Crippen LogP contribution in [0.25, 0.3) is 0 Å². The molecule has 4 aliphatic carbocycles. The minimum Gasteiger partial charge on any atom is -0.393 e. The molecule has 4 fully saturated rings. The van der Waals surface area contributed by atoms with Crippen molar-refractivity contribution in [3.8, 4) is 0 Å². The molecule has 0 aromatic rings. The minimum atomic E-state index is -1.09. The molecule has 4 saturated carbocycles. The molecule has 0 saturated heterocycles. The Hall–Kier alpha value is -0.200. The van der Waals surface area contributed by atoms with Crippen molar-refractivity contribution in [2.45, 2.75) is 122 Å². The van der Waals surface area contributed by atoms with Gasteiger partial charge in [-0.05, 0) is 118 Å². The van der Waals surface area contributed by atoms with Crippen molar-refractivity contribution in [2.75, 3.05) is 0 Å². The van der Waals surface area contributed by atoms with Crippen molar-refractivity contribution in [1.29, 1.82) is 0 Å². The summed E-state index contributed by atoms with van der Waals surface area (Å²) >= 11 is 0. The van der Waals surface area contributed by atoms with Gasteiger partial charge in [-0.15, -0.1) is 0 Å². The lowest BCUT2D eigenvalue weighted by Gasteiger charge is -2.63. The van der Waals surface area contributed by atoms with Gasteiger partial charge in [0.05, 0.1) is 30.0 Å². The second-order valence-electron chi connectivity index (χ2n) is 13.2. The molecule has 5 heteroatoms. The van der Waals surface area contributed by atoms with E-state index in [0.29, 0.717) is 36.0 Å². The monoisotopic (exact) mass is 452 g/mol. The van der Waals surface area contributed by atoms with Gasteiger partial charge in [-0.2, -0.15) is 0 Å². The van der Waals surface area contributed by atoms with Crippen molar-refractivity contribution >= 4 is 0 Å². The molecule has 32 heavy (non-hydrogen) atoms. The molecule has 4 aliphatic rings. The van der Waals surface area contributed by atoms with E-state index in [1.807, 2.05) is 0 Å². The second kappa shape index (κ2) is 8.48. The molecule has 0 aromatic heterocycles. The molecule has 0 amide bonds. The molecule has 0 radical (unpaired) electrons. The lowest BCUT2D eigenvalue weighted by atomic mass is 9.43. The maximum Gasteiger partial charge on any atom is 0.0849 e. The van der Waals surface area contributed by atoms with Crippen LogP contribution < -0.4 is 0 Å². The highest BCUT2D eigenvalue weighted by atomic mass is 16.3. The van der Waals surface area contributed by atoms with Gasteiger partial charge in [0.1, 0.15) is 0 Å². The maximum atomic E-state index is 11.6. The highest BCUT2D eigenvalue weighted by Crippen LogP contribution is 2.68. The fourth-order valence-electron chi connectivity index (χ4n) is 9.11. The van der Waals surface area contributed by atoms with Crippen LogP contribution in [-0.2, 0) is 0 Å². The van der Waals surface area contributed by atoms with E-state index in [1.54, 1.807) is 13.8 Å². The van der Waals surface area contributed by atoms with Crippen LogP contribution in [0.1, 0.15) is 92.4 Å². The molecule has 5 unspecified atom stereocenters. The standard InChI is InChI=1S/C27H48O5/c1-15(6-9-22(30)25(2,3)32)18-7-8-19-24-20(14-23(31)27(18,19)5)26(4)11-10-17(28)12-16(26)13-21(24)29/h15-24,28-32H,6-14H2,1-5H3/t15-,16?,17?,18-,19+,20+,21?,22?,23?,24+,26+,27-/m1/s1. The Balaban J connectivity index is 1.54. The molecule has 12 atom stereocenters. The van der Waals surface area contributed by atoms with Gasteiger partial charge in [0.2, 0.25) is 0 Å². The van der Waals surface area contributed by atoms with Crippen molar-refractivity contribution in [3.63, 3.8) is 0 Å². The number of hydrogen-bond acceptors (Lipinski definition) is 5. The fourth-order valence-corrected chi connectivity index (χ4v) is 9.11. The zero-order valence-electron chi connectivity index (χ0n) is 20.9. The number of aliphatic hydroxyl groups is 5. The highest BCUT2D eigenvalue weighted by molar-refractivity contribution is 5.14. The van der Waals surface area contributed by atoms with Gasteiger partial charge in [-0.1, -0.05) is 20.8 Å². The number of hydrogen-bond donors (Lipinski definition) is 5. The van der Waals surface area contributed by atoms with Crippen molar-refractivity contribution < 1.29 is 25.5 Å². The quantitative estimate of drug-likeness (QED) is 0.440. The Morgan fingerprint density at radius 2 is 1.62 bits per heavy atom. The molecular formula is C27H48O5. The molecule has 5 nitrogen and oxygen atoms in total. The first-order chi connectivity index (χ1) is 14.8. The summed E-state index contributed by atoms with van der Waals surface area (Å²) in [6, 6.07) is 0. The van der Waals surface area contributed by atoms with Crippen LogP contribution in [0.4, 0.5) is 0 Å². The highest BCUT2D eigenvalue weighted by Gasteiger charge is 2.65. The first-order valence-electron chi connectivity index (χ1n) is 13.2. The molecule has 0 bridgehead atoms. The number of fused-ring (bicyclic) bond motifs is 5. The molecule has 0 spiro atoms. The maximum absolute atomic E-state index is 11.6. The summed E-state index contributed by atoms with van der Waals surface area (Å²) in [5, 5.41) is 53.7. The summed E-state index contributed by atoms with van der Waals surface area (Å²) in [5.41, 5.74) is -1.20. The summed E-state index contributed by atoms with van der Waals surface area (Å²) in [6.45, 7) is 10.2. The first-order valence-corrected chi connectivity index (χ1v) is 13.2.